The van der Waals surface area contributed by atoms with Crippen LogP contribution in [0, 0.1) is 0 Å². The van der Waals surface area contributed by atoms with Crippen LogP contribution in [-0.2, 0) is 6.42 Å². The number of amides is 1. The van der Waals surface area contributed by atoms with Gasteiger partial charge in [0.05, 0.1) is 5.39 Å². The Morgan fingerprint density at radius 1 is 1.13 bits per heavy atom. The number of para-hydroxylation sites is 2. The zero-order chi connectivity index (χ0) is 16.0. The van der Waals surface area contributed by atoms with Gasteiger partial charge in [0.15, 0.2) is 11.2 Å². The number of anilines is 1. The summed E-state index contributed by atoms with van der Waals surface area (Å²) in [6.07, 6.45) is 0.805. The minimum Gasteiger partial charge on any atom is -0.451 e. The molecule has 0 radical (unpaired) electrons. The van der Waals surface area contributed by atoms with Crippen LogP contribution in [0.15, 0.2) is 63.8 Å². The van der Waals surface area contributed by atoms with Gasteiger partial charge in [0.2, 0.25) is 0 Å². The normalized spacial score (nSPS) is 16.6. The molecule has 0 saturated heterocycles. The molecule has 0 saturated carbocycles. The molecule has 1 amide bonds. The van der Waals surface area contributed by atoms with Gasteiger partial charge in [-0.2, -0.15) is 0 Å². The third-order valence-electron chi connectivity index (χ3n) is 4.27. The molecule has 0 aliphatic carbocycles. The van der Waals surface area contributed by atoms with Crippen LogP contribution in [0.4, 0.5) is 5.69 Å². The Morgan fingerprint density at radius 2 is 1.87 bits per heavy atom. The second kappa shape index (κ2) is 5.09. The molecule has 0 spiro atoms. The van der Waals surface area contributed by atoms with Gasteiger partial charge in [0.25, 0.3) is 5.91 Å². The van der Waals surface area contributed by atoms with Crippen molar-refractivity contribution >= 4 is 22.6 Å². The fourth-order valence-electron chi connectivity index (χ4n) is 3.20. The minimum absolute atomic E-state index is 0.0386. The van der Waals surface area contributed by atoms with Crippen LogP contribution < -0.4 is 10.3 Å². The van der Waals surface area contributed by atoms with Gasteiger partial charge in [-0.05, 0) is 37.1 Å². The Hall–Kier alpha value is -2.88. The van der Waals surface area contributed by atoms with Gasteiger partial charge in [-0.25, -0.2) is 0 Å². The van der Waals surface area contributed by atoms with Gasteiger partial charge in [-0.15, -0.1) is 0 Å². The van der Waals surface area contributed by atoms with Gasteiger partial charge < -0.3 is 9.32 Å². The molecule has 23 heavy (non-hydrogen) atoms. The Labute approximate surface area is 133 Å². The van der Waals surface area contributed by atoms with Crippen molar-refractivity contribution in [1.29, 1.82) is 0 Å². The van der Waals surface area contributed by atoms with Gasteiger partial charge in [-0.1, -0.05) is 30.3 Å². The predicted molar refractivity (Wildman–Crippen MR) is 88.9 cm³/mol. The molecular formula is C19H15NO3. The van der Waals surface area contributed by atoms with Crippen LogP contribution in [-0.4, -0.2) is 11.9 Å². The number of carbonyl (C=O) groups excluding carboxylic acids is 1. The maximum atomic E-state index is 12.9. The Bertz CT molecular complexity index is 974. The number of hydrogen-bond acceptors (Lipinski definition) is 3. The standard InChI is InChI=1S/C19H15NO3/c1-12-10-13-6-2-4-8-15(13)20(12)19(22)18-11-16(21)14-7-3-5-9-17(14)23-18/h2-9,11-12H,10H2,1H3/t12-/m0/s1. The second-order valence-corrected chi connectivity index (χ2v) is 5.83. The molecule has 4 rings (SSSR count). The van der Waals surface area contributed by atoms with Crippen LogP contribution in [0.25, 0.3) is 11.0 Å². The van der Waals surface area contributed by atoms with E-state index in [9.17, 15) is 9.59 Å². The number of hydrogen-bond donors (Lipinski definition) is 0. The van der Waals surface area contributed by atoms with E-state index >= 15 is 0 Å². The fraction of sp³-hybridized carbons (Fsp3) is 0.158. The monoisotopic (exact) mass is 305 g/mol. The largest absolute Gasteiger partial charge is 0.451 e. The number of fused-ring (bicyclic) bond motifs is 2. The lowest BCUT2D eigenvalue weighted by atomic mass is 10.1. The summed E-state index contributed by atoms with van der Waals surface area (Å²) in [7, 11) is 0. The number of nitrogens with zero attached hydrogens (tertiary/aromatic N) is 1. The quantitative estimate of drug-likeness (QED) is 0.692. The molecule has 1 atom stereocenters. The lowest BCUT2D eigenvalue weighted by molar-refractivity contribution is 0.0955. The summed E-state index contributed by atoms with van der Waals surface area (Å²) in [5, 5.41) is 0.485. The lowest BCUT2D eigenvalue weighted by Gasteiger charge is -2.22. The van der Waals surface area contributed by atoms with Crippen molar-refractivity contribution in [2.45, 2.75) is 19.4 Å². The zero-order valence-corrected chi connectivity index (χ0v) is 12.7. The first-order chi connectivity index (χ1) is 11.1. The van der Waals surface area contributed by atoms with Crippen molar-refractivity contribution < 1.29 is 9.21 Å². The SMILES string of the molecule is C[C@H]1Cc2ccccc2N1C(=O)c1cc(=O)c2ccccc2o1. The Balaban J connectivity index is 1.82. The topological polar surface area (TPSA) is 50.5 Å². The summed E-state index contributed by atoms with van der Waals surface area (Å²) >= 11 is 0. The Morgan fingerprint density at radius 3 is 2.74 bits per heavy atom. The molecule has 2 aromatic carbocycles. The van der Waals surface area contributed by atoms with E-state index in [-0.39, 0.29) is 23.1 Å². The van der Waals surface area contributed by atoms with E-state index in [0.29, 0.717) is 11.0 Å². The highest BCUT2D eigenvalue weighted by Crippen LogP contribution is 2.33. The average molecular weight is 305 g/mol. The maximum absolute atomic E-state index is 12.9. The van der Waals surface area contributed by atoms with Crippen LogP contribution in [0.5, 0.6) is 0 Å². The second-order valence-electron chi connectivity index (χ2n) is 5.83. The van der Waals surface area contributed by atoms with Crippen LogP contribution in [0.2, 0.25) is 0 Å². The average Bonchev–Trinajstić information content (AvgIpc) is 2.90. The minimum atomic E-state index is -0.273. The van der Waals surface area contributed by atoms with E-state index in [1.54, 1.807) is 29.2 Å². The molecule has 1 aliphatic heterocycles. The van der Waals surface area contributed by atoms with Gasteiger partial charge in [0, 0.05) is 17.8 Å². The zero-order valence-electron chi connectivity index (χ0n) is 12.7. The molecule has 2 heterocycles. The molecule has 3 aromatic rings. The van der Waals surface area contributed by atoms with Crippen molar-refractivity contribution in [2.24, 2.45) is 0 Å². The summed E-state index contributed by atoms with van der Waals surface area (Å²) in [6.45, 7) is 2.00. The van der Waals surface area contributed by atoms with Crippen molar-refractivity contribution in [1.82, 2.24) is 0 Å². The maximum Gasteiger partial charge on any atom is 0.294 e. The van der Waals surface area contributed by atoms with E-state index in [2.05, 4.69) is 0 Å². The highest BCUT2D eigenvalue weighted by molar-refractivity contribution is 6.06. The predicted octanol–water partition coefficient (Wildman–Crippen LogP) is 3.38. The molecule has 1 aliphatic rings. The van der Waals surface area contributed by atoms with Gasteiger partial charge >= 0.3 is 0 Å². The first-order valence-corrected chi connectivity index (χ1v) is 7.59. The molecule has 1 aromatic heterocycles. The van der Waals surface area contributed by atoms with Crippen molar-refractivity contribution in [2.75, 3.05) is 4.90 Å². The van der Waals surface area contributed by atoms with E-state index in [1.165, 1.54) is 6.07 Å². The molecule has 4 nitrogen and oxygen atoms in total. The van der Waals surface area contributed by atoms with Crippen molar-refractivity contribution in [3.63, 3.8) is 0 Å². The third kappa shape index (κ3) is 2.14. The molecule has 114 valence electrons. The summed E-state index contributed by atoms with van der Waals surface area (Å²) in [5.74, 6) is -0.192. The smallest absolute Gasteiger partial charge is 0.294 e. The van der Waals surface area contributed by atoms with Crippen LogP contribution >= 0.6 is 0 Å². The Kier molecular flexibility index (Phi) is 3.05. The fourth-order valence-corrected chi connectivity index (χ4v) is 3.20. The summed E-state index contributed by atoms with van der Waals surface area (Å²) in [4.78, 5) is 26.8. The number of benzene rings is 2. The van der Waals surface area contributed by atoms with Gasteiger partial charge in [0.1, 0.15) is 5.58 Å². The summed E-state index contributed by atoms with van der Waals surface area (Å²) in [6, 6.07) is 16.1. The highest BCUT2D eigenvalue weighted by atomic mass is 16.3. The first-order valence-electron chi connectivity index (χ1n) is 7.59. The molecule has 0 N–H and O–H groups in total. The lowest BCUT2D eigenvalue weighted by Crippen LogP contribution is -2.36. The summed E-state index contributed by atoms with van der Waals surface area (Å²) in [5.41, 5.74) is 2.26. The van der Waals surface area contributed by atoms with E-state index < -0.39 is 0 Å². The third-order valence-corrected chi connectivity index (χ3v) is 4.27. The van der Waals surface area contributed by atoms with Crippen molar-refractivity contribution in [3.8, 4) is 0 Å². The number of carbonyl (C=O) groups is 1. The molecule has 0 fully saturated rings. The van der Waals surface area contributed by atoms with E-state index in [4.69, 9.17) is 4.42 Å². The van der Waals surface area contributed by atoms with Crippen molar-refractivity contribution in [3.05, 3.63) is 76.1 Å². The van der Waals surface area contributed by atoms with Crippen LogP contribution in [0.3, 0.4) is 0 Å². The summed E-state index contributed by atoms with van der Waals surface area (Å²) < 4.78 is 5.69. The highest BCUT2D eigenvalue weighted by Gasteiger charge is 2.32. The van der Waals surface area contributed by atoms with Crippen LogP contribution in [0.1, 0.15) is 23.0 Å². The molecule has 0 bridgehead atoms. The number of rotatable bonds is 1. The molecule has 4 heteroatoms. The van der Waals surface area contributed by atoms with E-state index in [0.717, 1.165) is 17.7 Å². The molecule has 0 unspecified atom stereocenters. The first kappa shape index (κ1) is 13.8. The van der Waals surface area contributed by atoms with E-state index in [1.807, 2.05) is 31.2 Å². The van der Waals surface area contributed by atoms with Gasteiger partial charge in [-0.3, -0.25) is 9.59 Å². The molecular weight excluding hydrogens is 290 g/mol.